The molecule has 0 atom stereocenters. The van der Waals surface area contributed by atoms with Crippen LogP contribution < -0.4 is 14.0 Å². The molecule has 0 radical (unpaired) electrons. The molecular weight excluding hydrogens is 681 g/mol. The van der Waals surface area contributed by atoms with Crippen LogP contribution >= 0.6 is 14.2 Å². The molecular formula is C36H42O2PS2Sb. The van der Waals surface area contributed by atoms with Gasteiger partial charge in [0.1, 0.15) is 0 Å². The molecule has 0 aromatic heterocycles. The van der Waals surface area contributed by atoms with Gasteiger partial charge in [-0.1, -0.05) is 0 Å². The van der Waals surface area contributed by atoms with Crippen molar-refractivity contribution in [1.29, 1.82) is 0 Å². The van der Waals surface area contributed by atoms with E-state index in [2.05, 4.69) is 121 Å². The number of hydrogen-bond acceptors (Lipinski definition) is 4. The third-order valence-electron chi connectivity index (χ3n) is 8.92. The van der Waals surface area contributed by atoms with Gasteiger partial charge < -0.3 is 0 Å². The number of hydrogen-bond donors (Lipinski definition) is 0. The monoisotopic (exact) mass is 722 g/mol. The zero-order valence-corrected chi connectivity index (χ0v) is 29.4. The van der Waals surface area contributed by atoms with E-state index in [4.69, 9.17) is 20.9 Å². The maximum atomic E-state index is 7.27. The van der Waals surface area contributed by atoms with Crippen molar-refractivity contribution in [2.45, 2.75) is 76.4 Å². The van der Waals surface area contributed by atoms with Crippen LogP contribution in [0.25, 0.3) is 0 Å². The summed E-state index contributed by atoms with van der Waals surface area (Å²) in [5.41, 5.74) is -2.87. The van der Waals surface area contributed by atoms with Crippen molar-refractivity contribution in [3.05, 3.63) is 121 Å². The first-order valence-corrected chi connectivity index (χ1v) is 27.8. The molecule has 0 heterocycles. The van der Waals surface area contributed by atoms with E-state index in [0.717, 1.165) is 25.7 Å². The number of rotatable bonds is 10. The Hall–Kier alpha value is -1.38. The second kappa shape index (κ2) is 13.7. The Morgan fingerprint density at radius 2 is 0.762 bits per heavy atom. The van der Waals surface area contributed by atoms with E-state index >= 15 is 0 Å². The molecule has 0 amide bonds. The van der Waals surface area contributed by atoms with Gasteiger partial charge >= 0.3 is 263 Å². The Bertz CT molecular complexity index is 1260. The Morgan fingerprint density at radius 1 is 0.476 bits per heavy atom. The van der Waals surface area contributed by atoms with E-state index in [0.29, 0.717) is 0 Å². The predicted molar refractivity (Wildman–Crippen MR) is 188 cm³/mol. The van der Waals surface area contributed by atoms with Gasteiger partial charge in [0.05, 0.1) is 0 Å². The van der Waals surface area contributed by atoms with E-state index < -0.39 is 21.7 Å². The van der Waals surface area contributed by atoms with Crippen molar-refractivity contribution in [3.63, 3.8) is 0 Å². The Balaban J connectivity index is 1.67. The normalized spacial score (nSPS) is 18.2. The SMILES string of the molecule is S=P(OC1CCCCC1)(OC1CCCCC1)[S][Sb]([c]1ccccc1)([c]1ccccc1)([c]1ccccc1)[c]1ccccc1. The van der Waals surface area contributed by atoms with Gasteiger partial charge in [-0.05, 0) is 0 Å². The summed E-state index contributed by atoms with van der Waals surface area (Å²) in [6, 6.07) is 44.9. The molecule has 42 heavy (non-hydrogen) atoms. The summed E-state index contributed by atoms with van der Waals surface area (Å²) in [5.74, 6) is 0. The van der Waals surface area contributed by atoms with Crippen molar-refractivity contribution in [2.24, 2.45) is 0 Å². The molecule has 6 rings (SSSR count). The first-order valence-electron chi connectivity index (χ1n) is 15.6. The van der Waals surface area contributed by atoms with Gasteiger partial charge in [-0.3, -0.25) is 0 Å². The van der Waals surface area contributed by atoms with E-state index in [-0.39, 0.29) is 12.2 Å². The third kappa shape index (κ3) is 5.98. The van der Waals surface area contributed by atoms with Crippen LogP contribution in [0, 0.1) is 0 Å². The van der Waals surface area contributed by atoms with Crippen LogP contribution in [-0.2, 0) is 20.9 Å². The predicted octanol–water partition coefficient (Wildman–Crippen LogP) is 8.17. The van der Waals surface area contributed by atoms with Crippen LogP contribution in [0.4, 0.5) is 0 Å². The van der Waals surface area contributed by atoms with Crippen LogP contribution in [0.3, 0.4) is 0 Å². The van der Waals surface area contributed by atoms with Gasteiger partial charge in [-0.2, -0.15) is 0 Å². The molecule has 6 heteroatoms. The first kappa shape index (κ1) is 30.6. The summed E-state index contributed by atoms with van der Waals surface area (Å²) in [7, 11) is 1.97. The molecule has 2 aliphatic carbocycles. The van der Waals surface area contributed by atoms with E-state index in [9.17, 15) is 0 Å². The average molecular weight is 724 g/mol. The Kier molecular flexibility index (Phi) is 10.0. The molecule has 0 bridgehead atoms. The molecule has 0 saturated heterocycles. The van der Waals surface area contributed by atoms with Crippen LogP contribution in [0.1, 0.15) is 64.2 Å². The fraction of sp³-hybridized carbons (Fsp3) is 0.333. The fourth-order valence-electron chi connectivity index (χ4n) is 6.90. The van der Waals surface area contributed by atoms with E-state index in [1.54, 1.807) is 0 Å². The van der Waals surface area contributed by atoms with Crippen molar-refractivity contribution < 1.29 is 9.05 Å². The van der Waals surface area contributed by atoms with Crippen LogP contribution in [-0.4, -0.2) is 28.2 Å². The molecule has 2 saturated carbocycles. The van der Waals surface area contributed by atoms with Gasteiger partial charge in [0.2, 0.25) is 0 Å². The molecule has 0 aliphatic heterocycles. The standard InChI is InChI=1S/C12H23O2PS2.4C6H5.Sb/c16-15(17,13-11-7-3-1-4-8-11)14-12-9-5-2-6-10-12;4*1-2-4-6-5-3-1;/h11-12H,1-10H2,(H,16,17);4*1-5H;/q;;;;;+1/p-1. The zero-order chi connectivity index (χ0) is 28.7. The Labute approximate surface area is 261 Å². The summed E-state index contributed by atoms with van der Waals surface area (Å²) in [6.45, 7) is 0. The first-order chi connectivity index (χ1) is 20.6. The summed E-state index contributed by atoms with van der Waals surface area (Å²) in [4.78, 5) is 0. The van der Waals surface area contributed by atoms with Crippen LogP contribution in [0.15, 0.2) is 121 Å². The molecule has 2 nitrogen and oxygen atoms in total. The van der Waals surface area contributed by atoms with Gasteiger partial charge in [-0.15, -0.1) is 0 Å². The maximum absolute atomic E-state index is 7.27. The van der Waals surface area contributed by atoms with Gasteiger partial charge in [0.25, 0.3) is 0 Å². The summed E-state index contributed by atoms with van der Waals surface area (Å²) < 4.78 is 19.9. The molecule has 0 unspecified atom stereocenters. The molecule has 2 fully saturated rings. The van der Waals surface area contributed by atoms with Crippen molar-refractivity contribution >= 4 is 56.0 Å². The number of benzene rings is 4. The molecule has 0 N–H and O–H groups in total. The van der Waals surface area contributed by atoms with Crippen LogP contribution in [0.2, 0.25) is 0 Å². The summed E-state index contributed by atoms with van der Waals surface area (Å²) in [6.07, 6.45) is 12.0. The minimum absolute atomic E-state index is 0.165. The third-order valence-corrected chi connectivity index (χ3v) is 51.0. The zero-order valence-electron chi connectivity index (χ0n) is 24.3. The fourth-order valence-corrected chi connectivity index (χ4v) is 59.8. The quantitative estimate of drug-likeness (QED) is 0.121. The van der Waals surface area contributed by atoms with Gasteiger partial charge in [0, 0.05) is 0 Å². The second-order valence-electron chi connectivity index (χ2n) is 11.6. The van der Waals surface area contributed by atoms with E-state index in [1.807, 2.05) is 8.47 Å². The summed E-state index contributed by atoms with van der Waals surface area (Å²) >= 11 is 2.03. The molecule has 4 aromatic rings. The van der Waals surface area contributed by atoms with Crippen LogP contribution in [0.5, 0.6) is 0 Å². The molecule has 220 valence electrons. The molecule has 2 aliphatic rings. The minimum atomic E-state index is -4.84. The Morgan fingerprint density at radius 3 is 1.05 bits per heavy atom. The van der Waals surface area contributed by atoms with Gasteiger partial charge in [0.15, 0.2) is 0 Å². The molecule has 4 aromatic carbocycles. The van der Waals surface area contributed by atoms with E-state index in [1.165, 1.54) is 52.6 Å². The average Bonchev–Trinajstić information content (AvgIpc) is 3.06. The van der Waals surface area contributed by atoms with Crippen molar-refractivity contribution in [1.82, 2.24) is 0 Å². The topological polar surface area (TPSA) is 18.5 Å². The second-order valence-corrected chi connectivity index (χ2v) is 38.1. The molecule has 0 spiro atoms. The van der Waals surface area contributed by atoms with Crippen molar-refractivity contribution in [3.8, 4) is 0 Å². The summed E-state index contributed by atoms with van der Waals surface area (Å²) in [5, 5.41) is 0. The van der Waals surface area contributed by atoms with Gasteiger partial charge in [-0.25, -0.2) is 0 Å². The van der Waals surface area contributed by atoms with Crippen molar-refractivity contribution in [2.75, 3.05) is 0 Å².